The first-order valence-corrected chi connectivity index (χ1v) is 8.84. The van der Waals surface area contributed by atoms with Crippen LogP contribution < -0.4 is 0 Å². The van der Waals surface area contributed by atoms with Crippen molar-refractivity contribution in [1.82, 2.24) is 4.90 Å². The SMILES string of the molecule is Fc1ccc(Cc2ccc(CCCN3CCCCC3)cc2)cc1. The highest BCUT2D eigenvalue weighted by molar-refractivity contribution is 5.29. The largest absolute Gasteiger partial charge is 0.303 e. The molecule has 122 valence electrons. The van der Waals surface area contributed by atoms with Crippen LogP contribution in [0.25, 0.3) is 0 Å². The minimum atomic E-state index is -0.169. The Labute approximate surface area is 139 Å². The van der Waals surface area contributed by atoms with Gasteiger partial charge >= 0.3 is 0 Å². The summed E-state index contributed by atoms with van der Waals surface area (Å²) in [7, 11) is 0. The third-order valence-corrected chi connectivity index (χ3v) is 4.73. The standard InChI is InChI=1S/C21H26FN/c22-21-12-10-20(11-13-21)17-19-8-6-18(7-9-19)5-4-16-23-14-2-1-3-15-23/h6-13H,1-5,14-17H2. The van der Waals surface area contributed by atoms with Crippen molar-refractivity contribution in [3.8, 4) is 0 Å². The van der Waals surface area contributed by atoms with Crippen LogP contribution in [0.15, 0.2) is 48.5 Å². The number of likely N-dealkylation sites (tertiary alicyclic amines) is 1. The Hall–Kier alpha value is -1.67. The van der Waals surface area contributed by atoms with Crippen LogP contribution in [0, 0.1) is 5.82 Å². The van der Waals surface area contributed by atoms with E-state index in [1.165, 1.54) is 68.6 Å². The molecule has 2 heteroatoms. The number of hydrogen-bond donors (Lipinski definition) is 0. The number of nitrogens with zero attached hydrogens (tertiary/aromatic N) is 1. The van der Waals surface area contributed by atoms with E-state index in [9.17, 15) is 4.39 Å². The fourth-order valence-electron chi connectivity index (χ4n) is 3.35. The maximum atomic E-state index is 12.9. The highest BCUT2D eigenvalue weighted by Gasteiger charge is 2.09. The Morgan fingerprint density at radius 3 is 1.96 bits per heavy atom. The van der Waals surface area contributed by atoms with Gasteiger partial charge in [-0.1, -0.05) is 42.8 Å². The first kappa shape index (κ1) is 16.2. The molecular formula is C21H26FN. The molecule has 1 fully saturated rings. The lowest BCUT2D eigenvalue weighted by atomic mass is 10.0. The van der Waals surface area contributed by atoms with E-state index in [4.69, 9.17) is 0 Å². The van der Waals surface area contributed by atoms with Crippen molar-refractivity contribution >= 4 is 0 Å². The van der Waals surface area contributed by atoms with Crippen LogP contribution in [0.1, 0.15) is 42.4 Å². The monoisotopic (exact) mass is 311 g/mol. The van der Waals surface area contributed by atoms with Gasteiger partial charge in [0.2, 0.25) is 0 Å². The highest BCUT2D eigenvalue weighted by atomic mass is 19.1. The Morgan fingerprint density at radius 2 is 1.30 bits per heavy atom. The summed E-state index contributed by atoms with van der Waals surface area (Å²) in [4.78, 5) is 2.60. The van der Waals surface area contributed by atoms with E-state index < -0.39 is 0 Å². The van der Waals surface area contributed by atoms with Crippen molar-refractivity contribution in [2.75, 3.05) is 19.6 Å². The summed E-state index contributed by atoms with van der Waals surface area (Å²) in [5.41, 5.74) is 3.87. The smallest absolute Gasteiger partial charge is 0.123 e. The minimum Gasteiger partial charge on any atom is -0.303 e. The van der Waals surface area contributed by atoms with Crippen LogP contribution in [0.2, 0.25) is 0 Å². The van der Waals surface area contributed by atoms with Crippen molar-refractivity contribution in [2.45, 2.75) is 38.5 Å². The average molecular weight is 311 g/mol. The van der Waals surface area contributed by atoms with Crippen molar-refractivity contribution in [1.29, 1.82) is 0 Å². The van der Waals surface area contributed by atoms with E-state index in [-0.39, 0.29) is 5.82 Å². The van der Waals surface area contributed by atoms with E-state index in [2.05, 4.69) is 29.2 Å². The van der Waals surface area contributed by atoms with Gasteiger partial charge in [-0.25, -0.2) is 4.39 Å². The first-order chi connectivity index (χ1) is 11.3. The summed E-state index contributed by atoms with van der Waals surface area (Å²) in [6, 6.07) is 15.7. The third-order valence-electron chi connectivity index (χ3n) is 4.73. The molecule has 2 aromatic rings. The first-order valence-electron chi connectivity index (χ1n) is 8.84. The van der Waals surface area contributed by atoms with Gasteiger partial charge in [-0.05, 0) is 80.6 Å². The van der Waals surface area contributed by atoms with Crippen molar-refractivity contribution < 1.29 is 4.39 Å². The molecule has 0 aliphatic carbocycles. The maximum Gasteiger partial charge on any atom is 0.123 e. The second-order valence-corrected chi connectivity index (χ2v) is 6.63. The molecule has 1 aliphatic heterocycles. The number of hydrogen-bond acceptors (Lipinski definition) is 1. The van der Waals surface area contributed by atoms with Crippen LogP contribution in [0.3, 0.4) is 0 Å². The molecule has 0 unspecified atom stereocenters. The second kappa shape index (κ2) is 8.26. The number of rotatable bonds is 6. The molecule has 0 radical (unpaired) electrons. The quantitative estimate of drug-likeness (QED) is 0.738. The molecule has 1 heterocycles. The van der Waals surface area contributed by atoms with Crippen LogP contribution >= 0.6 is 0 Å². The van der Waals surface area contributed by atoms with Gasteiger partial charge in [0, 0.05) is 0 Å². The number of piperidine rings is 1. The van der Waals surface area contributed by atoms with Gasteiger partial charge in [-0.3, -0.25) is 0 Å². The van der Waals surface area contributed by atoms with E-state index in [1.54, 1.807) is 0 Å². The van der Waals surface area contributed by atoms with Gasteiger partial charge in [-0.2, -0.15) is 0 Å². The molecule has 0 bridgehead atoms. The predicted octanol–water partition coefficient (Wildman–Crippen LogP) is 4.84. The lowest BCUT2D eigenvalue weighted by molar-refractivity contribution is 0.226. The zero-order chi connectivity index (χ0) is 15.9. The lowest BCUT2D eigenvalue weighted by Crippen LogP contribution is -2.30. The molecule has 0 atom stereocenters. The number of halogens is 1. The average Bonchev–Trinajstić information content (AvgIpc) is 2.59. The summed E-state index contributed by atoms with van der Waals surface area (Å²) >= 11 is 0. The highest BCUT2D eigenvalue weighted by Crippen LogP contribution is 2.14. The predicted molar refractivity (Wildman–Crippen MR) is 94.3 cm³/mol. The molecule has 1 saturated heterocycles. The second-order valence-electron chi connectivity index (χ2n) is 6.63. The van der Waals surface area contributed by atoms with E-state index >= 15 is 0 Å². The van der Waals surface area contributed by atoms with Gasteiger partial charge in [0.15, 0.2) is 0 Å². The molecule has 0 spiro atoms. The van der Waals surface area contributed by atoms with Crippen molar-refractivity contribution in [3.63, 3.8) is 0 Å². The van der Waals surface area contributed by atoms with Crippen molar-refractivity contribution in [2.24, 2.45) is 0 Å². The number of aryl methyl sites for hydroxylation is 1. The molecule has 0 aromatic heterocycles. The van der Waals surface area contributed by atoms with E-state index in [0.717, 1.165) is 18.4 Å². The molecule has 0 N–H and O–H groups in total. The molecule has 1 nitrogen and oxygen atoms in total. The van der Waals surface area contributed by atoms with Crippen LogP contribution in [0.5, 0.6) is 0 Å². The van der Waals surface area contributed by atoms with Gasteiger partial charge < -0.3 is 4.90 Å². The Bertz CT molecular complexity index is 582. The van der Waals surface area contributed by atoms with Crippen molar-refractivity contribution in [3.05, 3.63) is 71.0 Å². The molecule has 0 amide bonds. The zero-order valence-electron chi connectivity index (χ0n) is 13.8. The molecule has 3 rings (SSSR count). The lowest BCUT2D eigenvalue weighted by Gasteiger charge is -2.26. The normalized spacial score (nSPS) is 15.7. The van der Waals surface area contributed by atoms with Gasteiger partial charge in [0.05, 0.1) is 0 Å². The Morgan fingerprint density at radius 1 is 0.739 bits per heavy atom. The Balaban J connectivity index is 1.45. The minimum absolute atomic E-state index is 0.169. The maximum absolute atomic E-state index is 12.9. The molecule has 23 heavy (non-hydrogen) atoms. The molecule has 2 aromatic carbocycles. The fraction of sp³-hybridized carbons (Fsp3) is 0.429. The summed E-state index contributed by atoms with van der Waals surface area (Å²) in [6.07, 6.45) is 7.43. The summed E-state index contributed by atoms with van der Waals surface area (Å²) in [5.74, 6) is -0.169. The van der Waals surface area contributed by atoms with Crippen LogP contribution in [0.4, 0.5) is 4.39 Å². The fourth-order valence-corrected chi connectivity index (χ4v) is 3.35. The Kier molecular flexibility index (Phi) is 5.82. The van der Waals surface area contributed by atoms with Gasteiger partial charge in [-0.15, -0.1) is 0 Å². The molecular weight excluding hydrogens is 285 g/mol. The van der Waals surface area contributed by atoms with Crippen LogP contribution in [-0.4, -0.2) is 24.5 Å². The van der Waals surface area contributed by atoms with Gasteiger partial charge in [0.1, 0.15) is 5.82 Å². The van der Waals surface area contributed by atoms with E-state index in [0.29, 0.717) is 0 Å². The molecule has 1 aliphatic rings. The summed E-state index contributed by atoms with van der Waals surface area (Å²) in [6.45, 7) is 3.81. The van der Waals surface area contributed by atoms with Crippen LogP contribution in [-0.2, 0) is 12.8 Å². The third kappa shape index (κ3) is 5.18. The number of benzene rings is 2. The molecule has 0 saturated carbocycles. The topological polar surface area (TPSA) is 3.24 Å². The van der Waals surface area contributed by atoms with Gasteiger partial charge in [0.25, 0.3) is 0 Å². The summed E-state index contributed by atoms with van der Waals surface area (Å²) < 4.78 is 12.9. The summed E-state index contributed by atoms with van der Waals surface area (Å²) in [5, 5.41) is 0. The zero-order valence-corrected chi connectivity index (χ0v) is 13.8. The van der Waals surface area contributed by atoms with E-state index in [1.807, 2.05) is 12.1 Å².